The van der Waals surface area contributed by atoms with E-state index in [2.05, 4.69) is 10.1 Å². The molecule has 1 N–H and O–H groups in total. The van der Waals surface area contributed by atoms with Crippen molar-refractivity contribution in [1.29, 1.82) is 0 Å². The molecular formula is C30H30N4O2. The van der Waals surface area contributed by atoms with Crippen molar-refractivity contribution in [3.05, 3.63) is 94.9 Å². The number of rotatable bonds is 6. The Balaban J connectivity index is 1.17. The van der Waals surface area contributed by atoms with Crippen LogP contribution in [0.1, 0.15) is 64.8 Å². The number of ketones is 1. The summed E-state index contributed by atoms with van der Waals surface area (Å²) in [7, 11) is 0. The van der Waals surface area contributed by atoms with Crippen LogP contribution >= 0.6 is 0 Å². The topological polar surface area (TPSA) is 80.4 Å². The molecule has 2 atom stereocenters. The number of Topliss-reactive ketones (excluding diaryl/α,β-unsaturated/α-hetero) is 1. The van der Waals surface area contributed by atoms with Crippen LogP contribution in [0.15, 0.2) is 72.0 Å². The van der Waals surface area contributed by atoms with E-state index in [1.807, 2.05) is 72.4 Å². The van der Waals surface area contributed by atoms with E-state index in [-0.39, 0.29) is 11.7 Å². The number of pyridine rings is 1. The van der Waals surface area contributed by atoms with E-state index in [0.717, 1.165) is 63.8 Å². The number of hydrogen-bond donors (Lipinski definition) is 1. The van der Waals surface area contributed by atoms with Crippen molar-refractivity contribution in [2.24, 2.45) is 10.9 Å². The Morgan fingerprint density at radius 1 is 1.17 bits per heavy atom. The summed E-state index contributed by atoms with van der Waals surface area (Å²) >= 11 is 0. The second-order valence-electron chi connectivity index (χ2n) is 10.4. The van der Waals surface area contributed by atoms with Crippen molar-refractivity contribution in [1.82, 2.24) is 14.8 Å². The molecule has 0 amide bonds. The molecule has 4 aromatic rings. The number of fused-ring (bicyclic) bond motifs is 2. The summed E-state index contributed by atoms with van der Waals surface area (Å²) in [4.78, 5) is 22.4. The summed E-state index contributed by atoms with van der Waals surface area (Å²) in [5.41, 5.74) is 6.01. The molecule has 1 aliphatic heterocycles. The fraction of sp³-hybridized carbons (Fsp3) is 0.333. The van der Waals surface area contributed by atoms with Crippen molar-refractivity contribution in [2.75, 3.05) is 0 Å². The van der Waals surface area contributed by atoms with Gasteiger partial charge in [0.2, 0.25) is 0 Å². The van der Waals surface area contributed by atoms with Gasteiger partial charge >= 0.3 is 0 Å². The molecule has 2 aromatic heterocycles. The Labute approximate surface area is 210 Å². The van der Waals surface area contributed by atoms with E-state index in [9.17, 15) is 9.90 Å². The van der Waals surface area contributed by atoms with Gasteiger partial charge < -0.3 is 5.11 Å². The minimum Gasteiger partial charge on any atom is -0.388 e. The summed E-state index contributed by atoms with van der Waals surface area (Å²) < 4.78 is 1.90. The first kappa shape index (κ1) is 22.8. The Bertz CT molecular complexity index is 1490. The maximum absolute atomic E-state index is 13.4. The third kappa shape index (κ3) is 4.37. The van der Waals surface area contributed by atoms with E-state index in [1.54, 1.807) is 6.20 Å². The van der Waals surface area contributed by atoms with E-state index in [4.69, 9.17) is 4.99 Å². The normalized spacial score (nSPS) is 21.4. The average Bonchev–Trinajstić information content (AvgIpc) is 3.48. The number of benzene rings is 2. The molecule has 6 nitrogen and oxygen atoms in total. The van der Waals surface area contributed by atoms with Gasteiger partial charge in [-0.1, -0.05) is 36.8 Å². The number of aliphatic imine (C=N–C) groups is 1. The Morgan fingerprint density at radius 3 is 2.94 bits per heavy atom. The SMILES string of the molecule is Cc1cc(C2=NCc3ccc(C(=O)C[C@@H]4CCC[C@](O)(Cn5ncc6ccccc65)C4)cc32)ccn1. The summed E-state index contributed by atoms with van der Waals surface area (Å²) in [6, 6.07) is 18.0. The molecule has 1 fully saturated rings. The standard InChI is InChI=1S/C30H30N4O2/c1-20-13-23(10-12-31-20)29-26-15-22(8-9-24(26)17-32-29)28(35)14-21-5-4-11-30(36,16-21)19-34-27-7-3-2-6-25(27)18-33-34/h2-3,6-10,12-13,15,18,21,36H,4-5,11,14,16-17,19H2,1H3/t21-,30+/m0/s1. The van der Waals surface area contributed by atoms with E-state index >= 15 is 0 Å². The first-order valence-corrected chi connectivity index (χ1v) is 12.7. The van der Waals surface area contributed by atoms with E-state index in [0.29, 0.717) is 25.9 Å². The van der Waals surface area contributed by atoms with E-state index in [1.165, 1.54) is 0 Å². The van der Waals surface area contributed by atoms with Crippen LogP contribution < -0.4 is 0 Å². The maximum Gasteiger partial charge on any atom is 0.163 e. The quantitative estimate of drug-likeness (QED) is 0.382. The molecule has 1 aliphatic carbocycles. The van der Waals surface area contributed by atoms with Crippen LogP contribution in [0.25, 0.3) is 10.9 Å². The molecule has 0 saturated heterocycles. The molecule has 0 spiro atoms. The van der Waals surface area contributed by atoms with Crippen molar-refractivity contribution in [3.8, 4) is 0 Å². The smallest absolute Gasteiger partial charge is 0.163 e. The van der Waals surface area contributed by atoms with E-state index < -0.39 is 5.60 Å². The number of hydrogen-bond acceptors (Lipinski definition) is 5. The van der Waals surface area contributed by atoms with Crippen LogP contribution in [0.3, 0.4) is 0 Å². The molecule has 0 radical (unpaired) electrons. The van der Waals surface area contributed by atoms with Gasteiger partial charge in [0.1, 0.15) is 0 Å². The highest BCUT2D eigenvalue weighted by atomic mass is 16.3. The number of aromatic nitrogens is 3. The lowest BCUT2D eigenvalue weighted by molar-refractivity contribution is -0.0317. The van der Waals surface area contributed by atoms with Crippen LogP contribution in [-0.4, -0.2) is 37.0 Å². The van der Waals surface area contributed by atoms with Crippen LogP contribution in [-0.2, 0) is 13.1 Å². The second kappa shape index (κ2) is 9.10. The average molecular weight is 479 g/mol. The van der Waals surface area contributed by atoms with Crippen LogP contribution in [0.5, 0.6) is 0 Å². The summed E-state index contributed by atoms with van der Waals surface area (Å²) in [5.74, 6) is 0.288. The fourth-order valence-corrected chi connectivity index (χ4v) is 5.89. The third-order valence-electron chi connectivity index (χ3n) is 7.66. The number of nitrogens with zero attached hydrogens (tertiary/aromatic N) is 4. The molecule has 36 heavy (non-hydrogen) atoms. The minimum atomic E-state index is -0.852. The second-order valence-corrected chi connectivity index (χ2v) is 10.4. The molecule has 182 valence electrons. The summed E-state index contributed by atoms with van der Waals surface area (Å²) in [6.07, 6.45) is 7.31. The van der Waals surface area contributed by atoms with Crippen LogP contribution in [0, 0.1) is 12.8 Å². The van der Waals surface area contributed by atoms with Crippen LogP contribution in [0.4, 0.5) is 0 Å². The lowest BCUT2D eigenvalue weighted by atomic mass is 9.75. The highest BCUT2D eigenvalue weighted by Crippen LogP contribution is 2.37. The van der Waals surface area contributed by atoms with Gasteiger partial charge in [-0.3, -0.25) is 19.5 Å². The van der Waals surface area contributed by atoms with Gasteiger partial charge in [-0.2, -0.15) is 5.10 Å². The zero-order chi connectivity index (χ0) is 24.7. The zero-order valence-electron chi connectivity index (χ0n) is 20.5. The number of carbonyl (C=O) groups excluding carboxylic acids is 1. The Morgan fingerprint density at radius 2 is 2.06 bits per heavy atom. The highest BCUT2D eigenvalue weighted by molar-refractivity contribution is 6.16. The third-order valence-corrected chi connectivity index (χ3v) is 7.66. The molecule has 2 aromatic carbocycles. The number of para-hydroxylation sites is 1. The summed E-state index contributed by atoms with van der Waals surface area (Å²) in [6.45, 7) is 3.06. The molecular weight excluding hydrogens is 448 g/mol. The maximum atomic E-state index is 13.4. The molecule has 3 heterocycles. The number of carbonyl (C=O) groups is 1. The van der Waals surface area contributed by atoms with Gasteiger partial charge in [0.25, 0.3) is 0 Å². The first-order chi connectivity index (χ1) is 17.5. The van der Waals surface area contributed by atoms with Gasteiger partial charge in [0, 0.05) is 40.4 Å². The zero-order valence-corrected chi connectivity index (χ0v) is 20.5. The van der Waals surface area contributed by atoms with Crippen molar-refractivity contribution < 1.29 is 9.90 Å². The van der Waals surface area contributed by atoms with Gasteiger partial charge in [0.05, 0.1) is 36.1 Å². The molecule has 2 aliphatic rings. The fourth-order valence-electron chi connectivity index (χ4n) is 5.89. The lowest BCUT2D eigenvalue weighted by Gasteiger charge is -2.36. The van der Waals surface area contributed by atoms with Crippen molar-refractivity contribution in [2.45, 2.75) is 57.7 Å². The number of aryl methyl sites for hydroxylation is 1. The van der Waals surface area contributed by atoms with Gasteiger partial charge in [0.15, 0.2) is 5.78 Å². The first-order valence-electron chi connectivity index (χ1n) is 12.7. The largest absolute Gasteiger partial charge is 0.388 e. The van der Waals surface area contributed by atoms with Gasteiger partial charge in [-0.25, -0.2) is 0 Å². The molecule has 0 unspecified atom stereocenters. The molecule has 0 bridgehead atoms. The Kier molecular flexibility index (Phi) is 5.76. The van der Waals surface area contributed by atoms with Gasteiger partial charge in [-0.15, -0.1) is 0 Å². The molecule has 1 saturated carbocycles. The molecule has 6 rings (SSSR count). The van der Waals surface area contributed by atoms with Crippen LogP contribution in [0.2, 0.25) is 0 Å². The lowest BCUT2D eigenvalue weighted by Crippen LogP contribution is -2.40. The van der Waals surface area contributed by atoms with Gasteiger partial charge in [-0.05, 0) is 61.9 Å². The highest BCUT2D eigenvalue weighted by Gasteiger charge is 2.36. The summed E-state index contributed by atoms with van der Waals surface area (Å²) in [5, 5.41) is 17.1. The monoisotopic (exact) mass is 478 g/mol. The molecule has 6 heteroatoms. The predicted octanol–water partition coefficient (Wildman–Crippen LogP) is 5.29. The number of aliphatic hydroxyl groups is 1. The van der Waals surface area contributed by atoms with Crippen molar-refractivity contribution in [3.63, 3.8) is 0 Å². The predicted molar refractivity (Wildman–Crippen MR) is 140 cm³/mol. The van der Waals surface area contributed by atoms with Crippen molar-refractivity contribution >= 4 is 22.4 Å². The minimum absolute atomic E-state index is 0.133. The Hall–Kier alpha value is -3.64.